The minimum atomic E-state index is 0.668. The molecule has 0 N–H and O–H groups in total. The van der Waals surface area contributed by atoms with Crippen LogP contribution in [0.1, 0.15) is 12.6 Å². The first-order chi connectivity index (χ1) is 7.25. The van der Waals surface area contributed by atoms with Crippen LogP contribution in [0, 0.1) is 5.92 Å². The van der Waals surface area contributed by atoms with Crippen molar-refractivity contribution in [3.63, 3.8) is 0 Å². The number of hydrogen-bond donors (Lipinski definition) is 0. The summed E-state index contributed by atoms with van der Waals surface area (Å²) in [5, 5.41) is 0. The fourth-order valence-corrected chi connectivity index (χ4v) is 2.60. The zero-order valence-electron chi connectivity index (χ0n) is 9.06. The lowest BCUT2D eigenvalue weighted by Gasteiger charge is -2.14. The van der Waals surface area contributed by atoms with Crippen molar-refractivity contribution in [3.8, 4) is 0 Å². The van der Waals surface area contributed by atoms with Gasteiger partial charge in [0.05, 0.1) is 0 Å². The number of halogens is 1. The van der Waals surface area contributed by atoms with Crippen molar-refractivity contribution in [2.45, 2.75) is 18.2 Å². The Labute approximate surface area is 99.8 Å². The fourth-order valence-electron chi connectivity index (χ4n) is 2.02. The number of aromatic nitrogens is 1. The second-order valence-electron chi connectivity index (χ2n) is 4.32. The van der Waals surface area contributed by atoms with Crippen LogP contribution in [0.2, 0.25) is 0 Å². The first kappa shape index (κ1) is 11.1. The van der Waals surface area contributed by atoms with Crippen LogP contribution in [0.3, 0.4) is 0 Å². The molecule has 1 saturated heterocycles. The molecular formula is C12H17BrN2. The zero-order chi connectivity index (χ0) is 10.7. The van der Waals surface area contributed by atoms with Gasteiger partial charge < -0.3 is 4.90 Å². The third kappa shape index (κ3) is 3.02. The minimum Gasteiger partial charge on any atom is -0.302 e. The van der Waals surface area contributed by atoms with Crippen LogP contribution in [0.4, 0.5) is 0 Å². The third-order valence-electron chi connectivity index (χ3n) is 3.01. The summed E-state index contributed by atoms with van der Waals surface area (Å²) in [5.41, 5.74) is 1.20. The summed E-state index contributed by atoms with van der Waals surface area (Å²) >= 11 is 3.71. The number of rotatable bonds is 3. The molecular weight excluding hydrogens is 252 g/mol. The average Bonchev–Trinajstić information content (AvgIpc) is 2.57. The smallest absolute Gasteiger partial charge is 0.0416 e. The Bertz CT molecular complexity index is 292. The van der Waals surface area contributed by atoms with Crippen molar-refractivity contribution in [1.82, 2.24) is 9.88 Å². The molecule has 1 aliphatic rings. The topological polar surface area (TPSA) is 16.1 Å². The Morgan fingerprint density at radius 1 is 1.47 bits per heavy atom. The predicted octanol–water partition coefficient (Wildman–Crippen LogP) is 2.34. The molecule has 0 aromatic carbocycles. The van der Waals surface area contributed by atoms with E-state index in [0.717, 1.165) is 18.9 Å². The first-order valence-electron chi connectivity index (χ1n) is 5.52. The highest BCUT2D eigenvalue weighted by Crippen LogP contribution is 2.22. The van der Waals surface area contributed by atoms with Crippen molar-refractivity contribution < 1.29 is 0 Å². The molecule has 2 nitrogen and oxygen atoms in total. The van der Waals surface area contributed by atoms with Gasteiger partial charge in [-0.05, 0) is 18.1 Å². The van der Waals surface area contributed by atoms with Gasteiger partial charge in [-0.15, -0.1) is 0 Å². The molecule has 15 heavy (non-hydrogen) atoms. The molecule has 0 saturated carbocycles. The molecule has 2 unspecified atom stereocenters. The molecule has 1 aromatic rings. The van der Waals surface area contributed by atoms with Gasteiger partial charge in [0.15, 0.2) is 0 Å². The van der Waals surface area contributed by atoms with E-state index in [1.54, 1.807) is 0 Å². The molecule has 1 fully saturated rings. The highest BCUT2D eigenvalue weighted by molar-refractivity contribution is 9.09. The molecule has 1 aliphatic heterocycles. The monoisotopic (exact) mass is 268 g/mol. The van der Waals surface area contributed by atoms with E-state index in [-0.39, 0.29) is 0 Å². The molecule has 0 spiro atoms. The molecule has 1 aromatic heterocycles. The normalized spacial score (nSPS) is 27.1. The van der Waals surface area contributed by atoms with Crippen LogP contribution in [0.5, 0.6) is 0 Å². The van der Waals surface area contributed by atoms with Crippen molar-refractivity contribution in [2.75, 3.05) is 19.6 Å². The second kappa shape index (κ2) is 5.08. The maximum atomic E-state index is 4.34. The molecule has 2 heterocycles. The lowest BCUT2D eigenvalue weighted by molar-refractivity contribution is 0.331. The Balaban J connectivity index is 1.80. The maximum absolute atomic E-state index is 4.34. The van der Waals surface area contributed by atoms with Crippen molar-refractivity contribution in [3.05, 3.63) is 30.1 Å². The summed E-state index contributed by atoms with van der Waals surface area (Å²) in [6.45, 7) is 5.82. The summed E-state index contributed by atoms with van der Waals surface area (Å²) in [6.07, 6.45) is 2.93. The number of pyridine rings is 1. The first-order valence-corrected chi connectivity index (χ1v) is 6.43. The van der Waals surface area contributed by atoms with Gasteiger partial charge in [-0.1, -0.05) is 28.9 Å². The van der Waals surface area contributed by atoms with Gasteiger partial charge in [-0.2, -0.15) is 0 Å². The summed E-state index contributed by atoms with van der Waals surface area (Å²) in [5.74, 6) is 0.772. The molecule has 82 valence electrons. The van der Waals surface area contributed by atoms with E-state index in [1.807, 2.05) is 12.3 Å². The number of hydrogen-bond acceptors (Lipinski definition) is 2. The quantitative estimate of drug-likeness (QED) is 0.783. The standard InChI is InChI=1S/C12H17BrN2/c1-10-8-15(9-12(10)13)7-5-11-4-2-3-6-14-11/h2-4,6,10,12H,5,7-9H2,1H3. The van der Waals surface area contributed by atoms with Gasteiger partial charge in [0, 0.05) is 42.8 Å². The van der Waals surface area contributed by atoms with Gasteiger partial charge in [0.25, 0.3) is 0 Å². The molecule has 3 heteroatoms. The van der Waals surface area contributed by atoms with Crippen LogP contribution >= 0.6 is 15.9 Å². The Morgan fingerprint density at radius 2 is 2.33 bits per heavy atom. The van der Waals surface area contributed by atoms with Crippen molar-refractivity contribution in [1.29, 1.82) is 0 Å². The van der Waals surface area contributed by atoms with Gasteiger partial charge in [-0.25, -0.2) is 0 Å². The summed E-state index contributed by atoms with van der Waals surface area (Å²) in [7, 11) is 0. The van der Waals surface area contributed by atoms with Gasteiger partial charge in [0.2, 0.25) is 0 Å². The molecule has 0 amide bonds. The third-order valence-corrected chi connectivity index (χ3v) is 4.20. The van der Waals surface area contributed by atoms with Gasteiger partial charge >= 0.3 is 0 Å². The van der Waals surface area contributed by atoms with E-state index >= 15 is 0 Å². The molecule has 0 bridgehead atoms. The predicted molar refractivity (Wildman–Crippen MR) is 66.3 cm³/mol. The van der Waals surface area contributed by atoms with Crippen LogP contribution in [0.25, 0.3) is 0 Å². The summed E-state index contributed by atoms with van der Waals surface area (Å²) in [4.78, 5) is 7.52. The van der Waals surface area contributed by atoms with E-state index in [2.05, 4.69) is 44.9 Å². The fraction of sp³-hybridized carbons (Fsp3) is 0.583. The molecule has 0 radical (unpaired) electrons. The van der Waals surface area contributed by atoms with Gasteiger partial charge in [-0.3, -0.25) is 4.98 Å². The summed E-state index contributed by atoms with van der Waals surface area (Å²) in [6, 6.07) is 6.13. The van der Waals surface area contributed by atoms with Crippen LogP contribution in [0.15, 0.2) is 24.4 Å². The van der Waals surface area contributed by atoms with E-state index < -0.39 is 0 Å². The molecule has 2 rings (SSSR count). The van der Waals surface area contributed by atoms with Crippen molar-refractivity contribution in [2.24, 2.45) is 5.92 Å². The van der Waals surface area contributed by atoms with Crippen LogP contribution < -0.4 is 0 Å². The molecule has 0 aliphatic carbocycles. The number of nitrogens with zero attached hydrogens (tertiary/aromatic N) is 2. The Hall–Kier alpha value is -0.410. The van der Waals surface area contributed by atoms with Gasteiger partial charge in [0.1, 0.15) is 0 Å². The Kier molecular flexibility index (Phi) is 3.76. The SMILES string of the molecule is CC1CN(CCc2ccccn2)CC1Br. The highest BCUT2D eigenvalue weighted by Gasteiger charge is 2.26. The Morgan fingerprint density at radius 3 is 2.93 bits per heavy atom. The largest absolute Gasteiger partial charge is 0.302 e. The second-order valence-corrected chi connectivity index (χ2v) is 5.50. The van der Waals surface area contributed by atoms with E-state index in [4.69, 9.17) is 0 Å². The average molecular weight is 269 g/mol. The molecule has 2 atom stereocenters. The van der Waals surface area contributed by atoms with Crippen LogP contribution in [-0.2, 0) is 6.42 Å². The summed E-state index contributed by atoms with van der Waals surface area (Å²) < 4.78 is 0. The minimum absolute atomic E-state index is 0.668. The number of likely N-dealkylation sites (tertiary alicyclic amines) is 1. The van der Waals surface area contributed by atoms with E-state index in [9.17, 15) is 0 Å². The highest BCUT2D eigenvalue weighted by atomic mass is 79.9. The van der Waals surface area contributed by atoms with Crippen LogP contribution in [-0.4, -0.2) is 34.3 Å². The van der Waals surface area contributed by atoms with E-state index in [1.165, 1.54) is 18.8 Å². The zero-order valence-corrected chi connectivity index (χ0v) is 10.7. The lowest BCUT2D eigenvalue weighted by Crippen LogP contribution is -2.23. The lowest BCUT2D eigenvalue weighted by atomic mass is 10.2. The maximum Gasteiger partial charge on any atom is 0.0416 e. The van der Waals surface area contributed by atoms with E-state index in [0.29, 0.717) is 4.83 Å². The van der Waals surface area contributed by atoms with Crippen molar-refractivity contribution >= 4 is 15.9 Å². The number of alkyl halides is 1.